The lowest BCUT2D eigenvalue weighted by atomic mass is 9.99. The Balaban J connectivity index is 1.71. The maximum absolute atomic E-state index is 11.3. The summed E-state index contributed by atoms with van der Waals surface area (Å²) < 4.78 is 10.8. The molecule has 0 spiro atoms. The predicted octanol–water partition coefficient (Wildman–Crippen LogP) is 0.439. The Morgan fingerprint density at radius 2 is 1.70 bits per heavy atom. The minimum absolute atomic E-state index is 0.198. The van der Waals surface area contributed by atoms with Gasteiger partial charge in [0.1, 0.15) is 41.5 Å². The number of carboxylic acid groups (broad SMARTS) is 1. The molecule has 5 atom stereocenters. The van der Waals surface area contributed by atoms with Crippen LogP contribution in [0.15, 0.2) is 42.5 Å². The Kier molecular flexibility index (Phi) is 6.70. The summed E-state index contributed by atoms with van der Waals surface area (Å²) in [5.41, 5.74) is 0.844. The molecule has 0 aliphatic carbocycles. The molecule has 1 heterocycles. The van der Waals surface area contributed by atoms with Crippen molar-refractivity contribution in [1.82, 2.24) is 0 Å². The molecule has 1 aliphatic rings. The molecule has 3 rings (SSSR count). The molecule has 2 aromatic rings. The summed E-state index contributed by atoms with van der Waals surface area (Å²) in [4.78, 5) is 11.3. The topological polar surface area (TPSA) is 157 Å². The van der Waals surface area contributed by atoms with Crippen LogP contribution in [-0.2, 0) is 4.74 Å². The number of benzene rings is 2. The third kappa shape index (κ3) is 4.61. The normalized spacial score (nSPS) is 26.6. The summed E-state index contributed by atoms with van der Waals surface area (Å²) in [5, 5.41) is 57.8. The molecule has 6 N–H and O–H groups in total. The molecule has 1 fully saturated rings. The van der Waals surface area contributed by atoms with Crippen molar-refractivity contribution in [3.05, 3.63) is 59.2 Å². The first-order valence-electron chi connectivity index (χ1n) is 9.12. The quantitative estimate of drug-likeness (QED) is 0.366. The van der Waals surface area contributed by atoms with E-state index in [1.54, 1.807) is 48.6 Å². The Morgan fingerprint density at radius 1 is 1.00 bits per heavy atom. The van der Waals surface area contributed by atoms with E-state index in [0.717, 1.165) is 0 Å². The third-order valence-electron chi connectivity index (χ3n) is 4.72. The summed E-state index contributed by atoms with van der Waals surface area (Å²) in [5.74, 6) is -1.26. The van der Waals surface area contributed by atoms with Crippen LogP contribution in [0.5, 0.6) is 11.5 Å². The zero-order valence-electron chi connectivity index (χ0n) is 15.7. The van der Waals surface area contributed by atoms with Gasteiger partial charge in [0.05, 0.1) is 6.61 Å². The van der Waals surface area contributed by atoms with E-state index in [2.05, 4.69) is 0 Å². The minimum atomic E-state index is -1.53. The summed E-state index contributed by atoms with van der Waals surface area (Å²) in [6, 6.07) is 10.9. The first kappa shape index (κ1) is 21.8. The molecule has 0 aromatic heterocycles. The number of aromatic carboxylic acids is 1. The summed E-state index contributed by atoms with van der Waals surface area (Å²) in [6.45, 7) is -0.554. The number of hydrogen-bond donors (Lipinski definition) is 6. The number of aromatic hydroxyl groups is 1. The predicted molar refractivity (Wildman–Crippen MR) is 105 cm³/mol. The van der Waals surface area contributed by atoms with Crippen LogP contribution in [0.1, 0.15) is 21.5 Å². The van der Waals surface area contributed by atoms with Gasteiger partial charge in [-0.25, -0.2) is 4.79 Å². The molecular weight excluding hydrogens is 396 g/mol. The van der Waals surface area contributed by atoms with E-state index in [9.17, 15) is 35.4 Å². The van der Waals surface area contributed by atoms with Gasteiger partial charge in [-0.05, 0) is 29.3 Å². The Hall–Kier alpha value is -2.95. The summed E-state index contributed by atoms with van der Waals surface area (Å²) in [7, 11) is 0. The SMILES string of the molecule is O=C(O)c1c(O)cccc1C=Cc1ccc(O[C@@H]2O[C@H](CO)[C@@H](O)[C@H](O)[C@H]2O)cc1. The second kappa shape index (κ2) is 9.24. The molecule has 160 valence electrons. The lowest BCUT2D eigenvalue weighted by Crippen LogP contribution is -2.60. The average Bonchev–Trinajstić information content (AvgIpc) is 2.73. The molecule has 0 radical (unpaired) electrons. The molecule has 30 heavy (non-hydrogen) atoms. The van der Waals surface area contributed by atoms with Gasteiger partial charge in [-0.1, -0.05) is 36.4 Å². The number of carbonyl (C=O) groups is 1. The van der Waals surface area contributed by atoms with Gasteiger partial charge in [0.2, 0.25) is 6.29 Å². The van der Waals surface area contributed by atoms with E-state index in [1.165, 1.54) is 6.07 Å². The van der Waals surface area contributed by atoms with Crippen molar-refractivity contribution in [1.29, 1.82) is 0 Å². The molecule has 0 amide bonds. The second-order valence-electron chi connectivity index (χ2n) is 6.76. The third-order valence-corrected chi connectivity index (χ3v) is 4.72. The summed E-state index contributed by atoms with van der Waals surface area (Å²) >= 11 is 0. The molecule has 0 unspecified atom stereocenters. The van der Waals surface area contributed by atoms with E-state index in [-0.39, 0.29) is 11.3 Å². The van der Waals surface area contributed by atoms with Crippen LogP contribution in [0, 0.1) is 0 Å². The van der Waals surface area contributed by atoms with Crippen molar-refractivity contribution >= 4 is 18.1 Å². The van der Waals surface area contributed by atoms with Gasteiger partial charge in [0.15, 0.2) is 0 Å². The van der Waals surface area contributed by atoms with Crippen molar-refractivity contribution in [2.75, 3.05) is 6.61 Å². The highest BCUT2D eigenvalue weighted by atomic mass is 16.7. The van der Waals surface area contributed by atoms with Gasteiger partial charge in [-0.15, -0.1) is 0 Å². The fraction of sp³-hybridized carbons (Fsp3) is 0.286. The number of aliphatic hydroxyl groups is 4. The van der Waals surface area contributed by atoms with E-state index >= 15 is 0 Å². The smallest absolute Gasteiger partial charge is 0.340 e. The lowest BCUT2D eigenvalue weighted by molar-refractivity contribution is -0.277. The fourth-order valence-corrected chi connectivity index (χ4v) is 3.07. The molecule has 0 bridgehead atoms. The zero-order valence-corrected chi connectivity index (χ0v) is 15.7. The molecule has 9 heteroatoms. The van der Waals surface area contributed by atoms with E-state index < -0.39 is 43.3 Å². The number of phenols is 1. The van der Waals surface area contributed by atoms with Crippen LogP contribution in [0.3, 0.4) is 0 Å². The fourth-order valence-electron chi connectivity index (χ4n) is 3.07. The second-order valence-corrected chi connectivity index (χ2v) is 6.76. The van der Waals surface area contributed by atoms with Crippen LogP contribution in [-0.4, -0.2) is 73.9 Å². The van der Waals surface area contributed by atoms with Gasteiger partial charge in [0, 0.05) is 0 Å². The number of carboxylic acids is 1. The van der Waals surface area contributed by atoms with Crippen LogP contribution in [0.25, 0.3) is 12.2 Å². The van der Waals surface area contributed by atoms with E-state index in [0.29, 0.717) is 16.9 Å². The maximum Gasteiger partial charge on any atom is 0.340 e. The maximum atomic E-state index is 11.3. The standard InChI is InChI=1S/C21H22O9/c22-10-15-17(24)18(25)19(26)21(30-15)29-13-8-5-11(6-9-13)4-7-12-2-1-3-14(23)16(12)20(27)28/h1-9,15,17-19,21-26H,10H2,(H,27,28)/t15-,17-,18+,19-,21-/m1/s1. The molecule has 1 saturated heterocycles. The minimum Gasteiger partial charge on any atom is -0.507 e. The number of hydrogen-bond acceptors (Lipinski definition) is 8. The molecule has 1 aliphatic heterocycles. The average molecular weight is 418 g/mol. The molecule has 2 aromatic carbocycles. The monoisotopic (exact) mass is 418 g/mol. The van der Waals surface area contributed by atoms with Gasteiger partial charge in [-0.2, -0.15) is 0 Å². The first-order valence-corrected chi connectivity index (χ1v) is 9.12. The first-order chi connectivity index (χ1) is 14.3. The zero-order chi connectivity index (χ0) is 21.8. The van der Waals surface area contributed by atoms with Crippen molar-refractivity contribution in [2.24, 2.45) is 0 Å². The largest absolute Gasteiger partial charge is 0.507 e. The Bertz CT molecular complexity index is 907. The van der Waals surface area contributed by atoms with Gasteiger partial charge in [-0.3, -0.25) is 0 Å². The van der Waals surface area contributed by atoms with Gasteiger partial charge in [0.25, 0.3) is 0 Å². The van der Waals surface area contributed by atoms with Crippen LogP contribution >= 0.6 is 0 Å². The van der Waals surface area contributed by atoms with Crippen LogP contribution < -0.4 is 4.74 Å². The van der Waals surface area contributed by atoms with Crippen LogP contribution in [0.2, 0.25) is 0 Å². The molecular formula is C21H22O9. The van der Waals surface area contributed by atoms with E-state index in [1.807, 2.05) is 0 Å². The Labute approximate surface area is 171 Å². The highest BCUT2D eigenvalue weighted by Crippen LogP contribution is 2.26. The van der Waals surface area contributed by atoms with Crippen molar-refractivity contribution in [2.45, 2.75) is 30.7 Å². The number of aliphatic hydroxyl groups excluding tert-OH is 4. The van der Waals surface area contributed by atoms with Crippen molar-refractivity contribution in [3.63, 3.8) is 0 Å². The Morgan fingerprint density at radius 3 is 2.33 bits per heavy atom. The van der Waals surface area contributed by atoms with Gasteiger partial charge >= 0.3 is 5.97 Å². The van der Waals surface area contributed by atoms with Crippen molar-refractivity contribution in [3.8, 4) is 11.5 Å². The lowest BCUT2D eigenvalue weighted by Gasteiger charge is -2.39. The summed E-state index contributed by atoms with van der Waals surface area (Å²) in [6.07, 6.45) is -3.66. The number of ether oxygens (including phenoxy) is 2. The number of rotatable bonds is 6. The molecule has 0 saturated carbocycles. The molecule has 9 nitrogen and oxygen atoms in total. The van der Waals surface area contributed by atoms with Crippen molar-refractivity contribution < 1.29 is 44.9 Å². The van der Waals surface area contributed by atoms with Gasteiger partial charge < -0.3 is 40.1 Å². The highest BCUT2D eigenvalue weighted by molar-refractivity contribution is 5.96. The van der Waals surface area contributed by atoms with E-state index in [4.69, 9.17) is 9.47 Å². The highest BCUT2D eigenvalue weighted by Gasteiger charge is 2.44. The van der Waals surface area contributed by atoms with Crippen LogP contribution in [0.4, 0.5) is 0 Å².